The Balaban J connectivity index is 1.43. The van der Waals surface area contributed by atoms with Gasteiger partial charge in [-0.3, -0.25) is 4.79 Å². The maximum absolute atomic E-state index is 12.1. The van der Waals surface area contributed by atoms with E-state index >= 15 is 0 Å². The highest BCUT2D eigenvalue weighted by Crippen LogP contribution is 2.22. The van der Waals surface area contributed by atoms with Crippen LogP contribution in [0.3, 0.4) is 0 Å². The molecular formula is C18H20ClN4OS+. The second-order valence-corrected chi connectivity index (χ2v) is 7.39. The number of nitrogens with zero attached hydrogens (tertiary/aromatic N) is 2. The number of halogens is 1. The molecule has 25 heavy (non-hydrogen) atoms. The number of hydrogen-bond donors (Lipinski definition) is 2. The van der Waals surface area contributed by atoms with Gasteiger partial charge in [0.15, 0.2) is 0 Å². The molecule has 1 amide bonds. The summed E-state index contributed by atoms with van der Waals surface area (Å²) in [6, 6.07) is 11.7. The number of amides is 1. The molecule has 7 heteroatoms. The molecule has 0 saturated carbocycles. The van der Waals surface area contributed by atoms with E-state index < -0.39 is 0 Å². The van der Waals surface area contributed by atoms with Crippen LogP contribution in [0.5, 0.6) is 0 Å². The van der Waals surface area contributed by atoms with Crippen LogP contribution >= 0.6 is 22.9 Å². The molecule has 0 unspecified atom stereocenters. The molecule has 1 aliphatic heterocycles. The maximum atomic E-state index is 12.1. The first-order chi connectivity index (χ1) is 12.2. The van der Waals surface area contributed by atoms with Crippen LogP contribution < -0.4 is 15.1 Å². The molecule has 0 spiro atoms. The molecule has 0 bridgehead atoms. The summed E-state index contributed by atoms with van der Waals surface area (Å²) in [4.78, 5) is 15.9. The lowest BCUT2D eigenvalue weighted by Gasteiger charge is -2.33. The number of rotatable bonds is 5. The Bertz CT molecular complexity index is 777. The smallest absolute Gasteiger partial charge is 0.230 e. The lowest BCUT2D eigenvalue weighted by molar-refractivity contribution is -0.900. The highest BCUT2D eigenvalue weighted by molar-refractivity contribution is 7.14. The lowest BCUT2D eigenvalue weighted by Crippen LogP contribution is -3.15. The Morgan fingerprint density at radius 1 is 1.36 bits per heavy atom. The number of carbonyl (C=O) groups is 1. The standard InChI is InChI=1S/C18H19ClN4OS/c19-15-2-1-3-16(12-15)23-9-7-22(8-10-23)6-4-17(24)21-18-14(13-20)5-11-25-18/h1-3,5,11-12H,4,6-10H2,(H,21,24)/p+1. The third kappa shape index (κ3) is 4.73. The first kappa shape index (κ1) is 17.7. The molecule has 1 aliphatic rings. The van der Waals surface area contributed by atoms with Gasteiger partial charge in [0.1, 0.15) is 11.1 Å². The molecule has 130 valence electrons. The number of nitrogens with one attached hydrogen (secondary N) is 2. The van der Waals surface area contributed by atoms with Crippen molar-refractivity contribution in [1.29, 1.82) is 5.26 Å². The van der Waals surface area contributed by atoms with E-state index in [1.54, 1.807) is 6.07 Å². The quantitative estimate of drug-likeness (QED) is 0.840. The van der Waals surface area contributed by atoms with Gasteiger partial charge in [-0.1, -0.05) is 17.7 Å². The van der Waals surface area contributed by atoms with Gasteiger partial charge in [0.05, 0.1) is 44.7 Å². The Labute approximate surface area is 156 Å². The van der Waals surface area contributed by atoms with E-state index in [2.05, 4.69) is 22.4 Å². The monoisotopic (exact) mass is 375 g/mol. The summed E-state index contributed by atoms with van der Waals surface area (Å²) in [5, 5.41) is 15.0. The van der Waals surface area contributed by atoms with Crippen molar-refractivity contribution < 1.29 is 9.69 Å². The first-order valence-electron chi connectivity index (χ1n) is 8.27. The minimum atomic E-state index is -0.0243. The number of piperazine rings is 1. The summed E-state index contributed by atoms with van der Waals surface area (Å²) >= 11 is 7.45. The van der Waals surface area contributed by atoms with E-state index in [0.29, 0.717) is 17.0 Å². The maximum Gasteiger partial charge on any atom is 0.230 e. The van der Waals surface area contributed by atoms with Crippen molar-refractivity contribution >= 4 is 39.5 Å². The SMILES string of the molecule is N#Cc1ccsc1NC(=O)CC[NH+]1CCN(c2cccc(Cl)c2)CC1. The van der Waals surface area contributed by atoms with Gasteiger partial charge in [0.25, 0.3) is 0 Å². The number of carbonyl (C=O) groups excluding carboxylic acids is 1. The predicted octanol–water partition coefficient (Wildman–Crippen LogP) is 2.01. The molecule has 2 N–H and O–H groups in total. The fourth-order valence-corrected chi connectivity index (χ4v) is 3.92. The van der Waals surface area contributed by atoms with Crippen molar-refractivity contribution in [3.63, 3.8) is 0 Å². The summed E-state index contributed by atoms with van der Waals surface area (Å²) in [5.74, 6) is -0.0243. The predicted molar refractivity (Wildman–Crippen MR) is 102 cm³/mol. The fraction of sp³-hybridized carbons (Fsp3) is 0.333. The molecule has 2 heterocycles. The number of benzene rings is 1. The summed E-state index contributed by atoms with van der Waals surface area (Å²) in [6.45, 7) is 4.73. The zero-order valence-electron chi connectivity index (χ0n) is 13.8. The van der Waals surface area contributed by atoms with E-state index in [9.17, 15) is 4.79 Å². The van der Waals surface area contributed by atoms with Gasteiger partial charge in [0, 0.05) is 10.7 Å². The van der Waals surface area contributed by atoms with E-state index in [1.165, 1.54) is 16.2 Å². The van der Waals surface area contributed by atoms with Gasteiger partial charge in [0.2, 0.25) is 5.91 Å². The molecular weight excluding hydrogens is 356 g/mol. The Morgan fingerprint density at radius 3 is 2.88 bits per heavy atom. The van der Waals surface area contributed by atoms with Crippen LogP contribution in [-0.2, 0) is 4.79 Å². The van der Waals surface area contributed by atoms with Crippen LogP contribution in [0, 0.1) is 11.3 Å². The minimum absolute atomic E-state index is 0.0243. The van der Waals surface area contributed by atoms with Gasteiger partial charge in [-0.15, -0.1) is 11.3 Å². The van der Waals surface area contributed by atoms with Crippen molar-refractivity contribution in [1.82, 2.24) is 0 Å². The molecule has 1 aromatic carbocycles. The number of nitriles is 1. The molecule has 1 aromatic heterocycles. The second kappa shape index (κ2) is 8.34. The minimum Gasteiger partial charge on any atom is -0.360 e. The molecule has 1 fully saturated rings. The molecule has 2 aromatic rings. The fourth-order valence-electron chi connectivity index (χ4n) is 2.98. The van der Waals surface area contributed by atoms with Crippen LogP contribution in [0.1, 0.15) is 12.0 Å². The topological polar surface area (TPSA) is 60.6 Å². The number of hydrogen-bond acceptors (Lipinski definition) is 4. The summed E-state index contributed by atoms with van der Waals surface area (Å²) in [6.07, 6.45) is 0.468. The van der Waals surface area contributed by atoms with Gasteiger partial charge in [-0.2, -0.15) is 5.26 Å². The van der Waals surface area contributed by atoms with Crippen molar-refractivity contribution in [2.24, 2.45) is 0 Å². The molecule has 0 atom stereocenters. The van der Waals surface area contributed by atoms with E-state index in [0.717, 1.165) is 43.4 Å². The van der Waals surface area contributed by atoms with Crippen molar-refractivity contribution in [2.45, 2.75) is 6.42 Å². The third-order valence-electron chi connectivity index (χ3n) is 4.39. The van der Waals surface area contributed by atoms with Crippen molar-refractivity contribution in [2.75, 3.05) is 42.9 Å². The zero-order valence-corrected chi connectivity index (χ0v) is 15.4. The highest BCUT2D eigenvalue weighted by atomic mass is 35.5. The van der Waals surface area contributed by atoms with E-state index in [4.69, 9.17) is 16.9 Å². The van der Waals surface area contributed by atoms with E-state index in [1.807, 2.05) is 23.6 Å². The van der Waals surface area contributed by atoms with Gasteiger partial charge in [-0.25, -0.2) is 0 Å². The molecule has 1 saturated heterocycles. The molecule has 3 rings (SSSR count). The number of thiophene rings is 1. The zero-order chi connectivity index (χ0) is 17.6. The van der Waals surface area contributed by atoms with E-state index in [-0.39, 0.29) is 5.91 Å². The van der Waals surface area contributed by atoms with Crippen LogP contribution in [0.25, 0.3) is 0 Å². The van der Waals surface area contributed by atoms with Crippen molar-refractivity contribution in [3.05, 3.63) is 46.3 Å². The summed E-state index contributed by atoms with van der Waals surface area (Å²) in [7, 11) is 0. The summed E-state index contributed by atoms with van der Waals surface area (Å²) in [5.41, 5.74) is 1.69. The molecule has 5 nitrogen and oxygen atoms in total. The van der Waals surface area contributed by atoms with Crippen LogP contribution in [-0.4, -0.2) is 38.6 Å². The molecule has 0 radical (unpaired) electrons. The summed E-state index contributed by atoms with van der Waals surface area (Å²) < 4.78 is 0. The van der Waals surface area contributed by atoms with Crippen LogP contribution in [0.2, 0.25) is 5.02 Å². The van der Waals surface area contributed by atoms with Gasteiger partial charge >= 0.3 is 0 Å². The first-order valence-corrected chi connectivity index (χ1v) is 9.53. The van der Waals surface area contributed by atoms with Crippen LogP contribution in [0.15, 0.2) is 35.7 Å². The average Bonchev–Trinajstić information content (AvgIpc) is 3.07. The second-order valence-electron chi connectivity index (χ2n) is 6.04. The number of quaternary nitrogens is 1. The number of anilines is 2. The third-order valence-corrected chi connectivity index (χ3v) is 5.45. The van der Waals surface area contributed by atoms with Crippen LogP contribution in [0.4, 0.5) is 10.7 Å². The van der Waals surface area contributed by atoms with Crippen molar-refractivity contribution in [3.8, 4) is 6.07 Å². The Hall–Kier alpha value is -2.07. The average molecular weight is 376 g/mol. The largest absolute Gasteiger partial charge is 0.360 e. The van der Waals surface area contributed by atoms with Gasteiger partial charge < -0.3 is 15.1 Å². The highest BCUT2D eigenvalue weighted by Gasteiger charge is 2.21. The Kier molecular flexibility index (Phi) is 5.92. The lowest BCUT2D eigenvalue weighted by atomic mass is 10.2. The normalized spacial score (nSPS) is 15.0. The van der Waals surface area contributed by atoms with Gasteiger partial charge in [-0.05, 0) is 29.6 Å². The Morgan fingerprint density at radius 2 is 2.16 bits per heavy atom. The molecule has 0 aliphatic carbocycles.